The summed E-state index contributed by atoms with van der Waals surface area (Å²) < 4.78 is 30.1. The molecule has 2 N–H and O–H groups in total. The van der Waals surface area contributed by atoms with Crippen molar-refractivity contribution in [2.45, 2.75) is 12.5 Å². The number of carbonyl (C=O) groups excluding carboxylic acids is 1. The van der Waals surface area contributed by atoms with Crippen LogP contribution in [0.3, 0.4) is 0 Å². The number of ether oxygens (including phenoxy) is 1. The minimum atomic E-state index is -0.935. The molecule has 0 aromatic heterocycles. The monoisotopic (exact) mass is 251 g/mol. The smallest absolute Gasteiger partial charge is 0.322 e. The second-order valence-electron chi connectivity index (χ2n) is 3.07. The Balaban J connectivity index is 0.00000225. The zero-order chi connectivity index (χ0) is 11.4. The van der Waals surface area contributed by atoms with Crippen LogP contribution in [0, 0.1) is 11.6 Å². The maximum absolute atomic E-state index is 13.1. The average Bonchev–Trinajstić information content (AvgIpc) is 2.20. The normalized spacial score (nSPS) is 11.5. The largest absolute Gasteiger partial charge is 0.468 e. The summed E-state index contributed by atoms with van der Waals surface area (Å²) in [6.45, 7) is 0. The SMILES string of the molecule is COC(=O)C(N)Cc1ccc(F)cc1F.Cl. The van der Waals surface area contributed by atoms with Crippen molar-refractivity contribution in [2.75, 3.05) is 7.11 Å². The minimum absolute atomic E-state index is 0. The van der Waals surface area contributed by atoms with Gasteiger partial charge in [0.25, 0.3) is 0 Å². The maximum Gasteiger partial charge on any atom is 0.322 e. The van der Waals surface area contributed by atoms with Crippen LogP contribution < -0.4 is 5.73 Å². The van der Waals surface area contributed by atoms with Gasteiger partial charge < -0.3 is 10.5 Å². The fourth-order valence-corrected chi connectivity index (χ4v) is 1.16. The molecule has 0 aliphatic carbocycles. The van der Waals surface area contributed by atoms with E-state index in [0.29, 0.717) is 0 Å². The van der Waals surface area contributed by atoms with Crippen molar-refractivity contribution in [2.24, 2.45) is 5.73 Å². The first-order valence-corrected chi connectivity index (χ1v) is 4.32. The molecule has 0 bridgehead atoms. The first-order chi connectivity index (χ1) is 7.04. The van der Waals surface area contributed by atoms with Crippen molar-refractivity contribution in [3.63, 3.8) is 0 Å². The van der Waals surface area contributed by atoms with Gasteiger partial charge in [-0.2, -0.15) is 0 Å². The van der Waals surface area contributed by atoms with Crippen molar-refractivity contribution in [1.29, 1.82) is 0 Å². The highest BCUT2D eigenvalue weighted by atomic mass is 35.5. The number of benzene rings is 1. The Labute approximate surface area is 98.0 Å². The van der Waals surface area contributed by atoms with Gasteiger partial charge in [0.2, 0.25) is 0 Å². The third-order valence-electron chi connectivity index (χ3n) is 1.96. The summed E-state index contributed by atoms with van der Waals surface area (Å²) >= 11 is 0. The van der Waals surface area contributed by atoms with Gasteiger partial charge in [-0.05, 0) is 11.6 Å². The van der Waals surface area contributed by atoms with E-state index in [1.165, 1.54) is 13.2 Å². The van der Waals surface area contributed by atoms with Crippen molar-refractivity contribution < 1.29 is 18.3 Å². The van der Waals surface area contributed by atoms with E-state index < -0.39 is 23.6 Å². The van der Waals surface area contributed by atoms with Crippen LogP contribution in [0.15, 0.2) is 18.2 Å². The highest BCUT2D eigenvalue weighted by molar-refractivity contribution is 5.85. The molecule has 0 radical (unpaired) electrons. The molecule has 1 atom stereocenters. The molecule has 6 heteroatoms. The number of nitrogens with two attached hydrogens (primary N) is 1. The van der Waals surface area contributed by atoms with Gasteiger partial charge in [-0.25, -0.2) is 8.78 Å². The van der Waals surface area contributed by atoms with Gasteiger partial charge in [0.1, 0.15) is 17.7 Å². The third kappa shape index (κ3) is 3.75. The number of methoxy groups -OCH3 is 1. The summed E-state index contributed by atoms with van der Waals surface area (Å²) in [5, 5.41) is 0. The molecule has 1 aromatic carbocycles. The lowest BCUT2D eigenvalue weighted by atomic mass is 10.1. The van der Waals surface area contributed by atoms with Crippen molar-refractivity contribution >= 4 is 18.4 Å². The summed E-state index contributed by atoms with van der Waals surface area (Å²) in [7, 11) is 1.20. The molecule has 0 amide bonds. The van der Waals surface area contributed by atoms with Crippen LogP contribution in [-0.4, -0.2) is 19.1 Å². The maximum atomic E-state index is 13.1. The number of hydrogen-bond acceptors (Lipinski definition) is 3. The molecular weight excluding hydrogens is 240 g/mol. The Kier molecular flexibility index (Phi) is 5.92. The van der Waals surface area contributed by atoms with E-state index in [-0.39, 0.29) is 24.4 Å². The summed E-state index contributed by atoms with van der Waals surface area (Å²) in [6.07, 6.45) is -0.0151. The van der Waals surface area contributed by atoms with Crippen LogP contribution in [-0.2, 0) is 16.0 Å². The van der Waals surface area contributed by atoms with E-state index in [0.717, 1.165) is 12.1 Å². The fourth-order valence-electron chi connectivity index (χ4n) is 1.16. The highest BCUT2D eigenvalue weighted by Crippen LogP contribution is 2.11. The molecule has 1 aromatic rings. The number of carbonyl (C=O) groups is 1. The van der Waals surface area contributed by atoms with Crippen LogP contribution in [0.4, 0.5) is 8.78 Å². The fraction of sp³-hybridized carbons (Fsp3) is 0.300. The lowest BCUT2D eigenvalue weighted by Gasteiger charge is -2.09. The summed E-state index contributed by atoms with van der Waals surface area (Å²) in [5.74, 6) is -2.00. The summed E-state index contributed by atoms with van der Waals surface area (Å²) in [5.41, 5.74) is 5.62. The quantitative estimate of drug-likeness (QED) is 0.827. The molecule has 3 nitrogen and oxygen atoms in total. The minimum Gasteiger partial charge on any atom is -0.468 e. The Morgan fingerprint density at radius 1 is 1.50 bits per heavy atom. The van der Waals surface area contributed by atoms with Gasteiger partial charge >= 0.3 is 5.97 Å². The molecule has 1 rings (SSSR count). The van der Waals surface area contributed by atoms with Gasteiger partial charge in [-0.1, -0.05) is 6.07 Å². The second-order valence-corrected chi connectivity index (χ2v) is 3.07. The van der Waals surface area contributed by atoms with E-state index in [9.17, 15) is 13.6 Å². The van der Waals surface area contributed by atoms with Gasteiger partial charge in [-0.3, -0.25) is 4.79 Å². The molecule has 0 fully saturated rings. The lowest BCUT2D eigenvalue weighted by Crippen LogP contribution is -2.33. The molecule has 0 saturated carbocycles. The topological polar surface area (TPSA) is 52.3 Å². The van der Waals surface area contributed by atoms with Crippen LogP contribution in [0.2, 0.25) is 0 Å². The number of esters is 1. The van der Waals surface area contributed by atoms with E-state index in [1.807, 2.05) is 0 Å². The zero-order valence-electron chi connectivity index (χ0n) is 8.57. The Morgan fingerprint density at radius 3 is 2.62 bits per heavy atom. The predicted octanol–water partition coefficient (Wildman–Crippen LogP) is 1.43. The van der Waals surface area contributed by atoms with E-state index in [1.54, 1.807) is 0 Å². The first kappa shape index (κ1) is 14.8. The average molecular weight is 252 g/mol. The van der Waals surface area contributed by atoms with Crippen molar-refractivity contribution in [3.05, 3.63) is 35.4 Å². The standard InChI is InChI=1S/C10H11F2NO2.ClH/c1-15-10(14)9(13)4-6-2-3-7(11)5-8(6)12;/h2-3,5,9H,4,13H2,1H3;1H. The second kappa shape index (κ2) is 6.40. The van der Waals surface area contributed by atoms with E-state index in [2.05, 4.69) is 4.74 Å². The lowest BCUT2D eigenvalue weighted by molar-refractivity contribution is -0.142. The van der Waals surface area contributed by atoms with Crippen molar-refractivity contribution in [1.82, 2.24) is 0 Å². The van der Waals surface area contributed by atoms with Crippen LogP contribution >= 0.6 is 12.4 Å². The molecule has 90 valence electrons. The van der Waals surface area contributed by atoms with Crippen LogP contribution in [0.25, 0.3) is 0 Å². The van der Waals surface area contributed by atoms with Gasteiger partial charge in [0.15, 0.2) is 0 Å². The molecule has 0 spiro atoms. The summed E-state index contributed by atoms with van der Waals surface area (Å²) in [4.78, 5) is 11.0. The van der Waals surface area contributed by atoms with Crippen LogP contribution in [0.5, 0.6) is 0 Å². The number of rotatable bonds is 3. The van der Waals surface area contributed by atoms with Gasteiger partial charge in [0, 0.05) is 12.5 Å². The molecule has 0 saturated heterocycles. The Bertz CT molecular complexity index is 374. The Morgan fingerprint density at radius 2 is 2.12 bits per heavy atom. The van der Waals surface area contributed by atoms with Gasteiger partial charge in [0.05, 0.1) is 7.11 Å². The number of halogens is 3. The molecule has 0 aliphatic heterocycles. The molecule has 16 heavy (non-hydrogen) atoms. The molecule has 0 heterocycles. The van der Waals surface area contributed by atoms with E-state index >= 15 is 0 Å². The van der Waals surface area contributed by atoms with E-state index in [4.69, 9.17) is 5.73 Å². The highest BCUT2D eigenvalue weighted by Gasteiger charge is 2.16. The van der Waals surface area contributed by atoms with Crippen LogP contribution in [0.1, 0.15) is 5.56 Å². The summed E-state index contributed by atoms with van der Waals surface area (Å²) in [6, 6.07) is 2.19. The zero-order valence-corrected chi connectivity index (χ0v) is 9.39. The third-order valence-corrected chi connectivity index (χ3v) is 1.96. The van der Waals surface area contributed by atoms with Crippen molar-refractivity contribution in [3.8, 4) is 0 Å². The molecule has 1 unspecified atom stereocenters. The Hall–Kier alpha value is -1.20. The molecular formula is C10H12ClF2NO2. The first-order valence-electron chi connectivity index (χ1n) is 4.32. The number of hydrogen-bond donors (Lipinski definition) is 1. The predicted molar refractivity (Wildman–Crippen MR) is 57.3 cm³/mol. The van der Waals surface area contributed by atoms with Gasteiger partial charge in [-0.15, -0.1) is 12.4 Å². The molecule has 0 aliphatic rings.